The van der Waals surface area contributed by atoms with Crippen LogP contribution in [0.5, 0.6) is 5.75 Å². The zero-order valence-electron chi connectivity index (χ0n) is 10.3. The van der Waals surface area contributed by atoms with Gasteiger partial charge in [0.05, 0.1) is 17.9 Å². The Bertz CT molecular complexity index is 601. The van der Waals surface area contributed by atoms with E-state index in [0.29, 0.717) is 22.1 Å². The summed E-state index contributed by atoms with van der Waals surface area (Å²) in [5, 5.41) is 0.435. The Morgan fingerprint density at radius 3 is 2.89 bits per heavy atom. The molecule has 0 radical (unpaired) electrons. The van der Waals surface area contributed by atoms with Crippen LogP contribution in [0.3, 0.4) is 0 Å². The smallest absolute Gasteiger partial charge is 0.173 e. The third-order valence-corrected chi connectivity index (χ3v) is 4.53. The first-order chi connectivity index (χ1) is 9.10. The Morgan fingerprint density at radius 2 is 2.32 bits per heavy atom. The normalized spacial score (nSPS) is 10.5. The van der Waals surface area contributed by atoms with Crippen LogP contribution in [0.1, 0.15) is 16.2 Å². The van der Waals surface area contributed by atoms with Gasteiger partial charge in [-0.2, -0.15) is 4.37 Å². The number of nitrogens with zero attached hydrogens (tertiary/aromatic N) is 2. The third-order valence-electron chi connectivity index (χ3n) is 2.31. The lowest BCUT2D eigenvalue weighted by molar-refractivity contribution is 0.102. The molecule has 0 spiro atoms. The zero-order chi connectivity index (χ0) is 13.8. The number of aryl methyl sites for hydroxylation is 1. The minimum Gasteiger partial charge on any atom is -0.495 e. The molecule has 2 aromatic rings. The van der Waals surface area contributed by atoms with Crippen molar-refractivity contribution in [3.8, 4) is 5.75 Å². The Kier molecular flexibility index (Phi) is 4.79. The number of thioether (sulfide) groups is 1. The average molecular weight is 315 g/mol. The van der Waals surface area contributed by atoms with Crippen molar-refractivity contribution in [1.29, 1.82) is 0 Å². The molecule has 0 aliphatic rings. The quantitative estimate of drug-likeness (QED) is 0.624. The van der Waals surface area contributed by atoms with Gasteiger partial charge in [-0.15, -0.1) is 0 Å². The highest BCUT2D eigenvalue weighted by Gasteiger charge is 2.11. The molecule has 100 valence electrons. The molecule has 0 bridgehead atoms. The summed E-state index contributed by atoms with van der Waals surface area (Å²) in [4.78, 5) is 16.2. The van der Waals surface area contributed by atoms with Crippen molar-refractivity contribution in [2.45, 2.75) is 11.3 Å². The number of rotatable bonds is 5. The molecule has 0 aliphatic carbocycles. The van der Waals surface area contributed by atoms with Crippen LogP contribution < -0.4 is 4.74 Å². The SMILES string of the molecule is COc1ccc(C(=O)CSc2nc(C)ns2)cc1Cl. The van der Waals surface area contributed by atoms with Gasteiger partial charge in [0.25, 0.3) is 0 Å². The second-order valence-corrected chi connectivity index (χ2v) is 6.05. The van der Waals surface area contributed by atoms with Crippen molar-refractivity contribution in [2.75, 3.05) is 12.9 Å². The van der Waals surface area contributed by atoms with Crippen molar-refractivity contribution in [3.63, 3.8) is 0 Å². The fourth-order valence-corrected chi connectivity index (χ4v) is 3.19. The van der Waals surface area contributed by atoms with Gasteiger partial charge in [-0.3, -0.25) is 4.79 Å². The number of methoxy groups -OCH3 is 1. The van der Waals surface area contributed by atoms with E-state index < -0.39 is 0 Å². The van der Waals surface area contributed by atoms with Crippen LogP contribution in [0.2, 0.25) is 5.02 Å². The molecule has 0 atom stereocenters. The molecule has 7 heteroatoms. The Hall–Kier alpha value is -1.11. The predicted molar refractivity (Wildman–Crippen MR) is 77.7 cm³/mol. The van der Waals surface area contributed by atoms with E-state index in [1.165, 1.54) is 30.4 Å². The molecule has 1 heterocycles. The second kappa shape index (κ2) is 6.36. The summed E-state index contributed by atoms with van der Waals surface area (Å²) in [6.07, 6.45) is 0. The molecule has 4 nitrogen and oxygen atoms in total. The fraction of sp³-hybridized carbons (Fsp3) is 0.250. The lowest BCUT2D eigenvalue weighted by Crippen LogP contribution is -2.02. The van der Waals surface area contributed by atoms with Crippen LogP contribution in [-0.2, 0) is 0 Å². The van der Waals surface area contributed by atoms with E-state index in [2.05, 4.69) is 9.36 Å². The molecule has 0 fully saturated rings. The summed E-state index contributed by atoms with van der Waals surface area (Å²) in [5.41, 5.74) is 0.569. The monoisotopic (exact) mass is 314 g/mol. The van der Waals surface area contributed by atoms with Gasteiger partial charge >= 0.3 is 0 Å². The largest absolute Gasteiger partial charge is 0.495 e. The summed E-state index contributed by atoms with van der Waals surface area (Å²) < 4.78 is 9.91. The summed E-state index contributed by atoms with van der Waals surface area (Å²) in [6, 6.07) is 5.02. The molecule has 19 heavy (non-hydrogen) atoms. The molecular weight excluding hydrogens is 304 g/mol. The molecule has 2 rings (SSSR count). The summed E-state index contributed by atoms with van der Waals surface area (Å²) in [5.74, 6) is 1.61. The molecule has 0 unspecified atom stereocenters. The maximum absolute atomic E-state index is 12.0. The maximum Gasteiger partial charge on any atom is 0.173 e. The number of ketones is 1. The first-order valence-corrected chi connectivity index (χ1v) is 7.53. The predicted octanol–water partition coefficient (Wildman–Crippen LogP) is 3.48. The molecule has 0 saturated heterocycles. The second-order valence-electron chi connectivity index (χ2n) is 3.67. The minimum atomic E-state index is 0.00223. The molecule has 0 N–H and O–H groups in total. The minimum absolute atomic E-state index is 0.00223. The number of hydrogen-bond donors (Lipinski definition) is 0. The van der Waals surface area contributed by atoms with Crippen molar-refractivity contribution >= 4 is 40.7 Å². The third kappa shape index (κ3) is 3.68. The molecule has 0 amide bonds. The number of halogens is 1. The number of benzene rings is 1. The first-order valence-electron chi connectivity index (χ1n) is 5.40. The summed E-state index contributed by atoms with van der Waals surface area (Å²) in [7, 11) is 1.54. The van der Waals surface area contributed by atoms with Crippen LogP contribution in [0.4, 0.5) is 0 Å². The molecular formula is C12H11ClN2O2S2. The number of carbonyl (C=O) groups excluding carboxylic acids is 1. The maximum atomic E-state index is 12.0. The van der Waals surface area contributed by atoms with Gasteiger partial charge in [-0.05, 0) is 36.7 Å². The molecule has 1 aromatic carbocycles. The lowest BCUT2D eigenvalue weighted by atomic mass is 10.1. The highest BCUT2D eigenvalue weighted by Crippen LogP contribution is 2.26. The van der Waals surface area contributed by atoms with E-state index in [-0.39, 0.29) is 5.78 Å². The number of ether oxygens (including phenoxy) is 1. The van der Waals surface area contributed by atoms with Gasteiger partial charge in [-0.25, -0.2) is 4.98 Å². The Morgan fingerprint density at radius 1 is 1.53 bits per heavy atom. The van der Waals surface area contributed by atoms with E-state index in [4.69, 9.17) is 16.3 Å². The van der Waals surface area contributed by atoms with Gasteiger partial charge in [0.2, 0.25) is 0 Å². The van der Waals surface area contributed by atoms with Crippen LogP contribution >= 0.6 is 34.9 Å². The first kappa shape index (κ1) is 14.3. The summed E-state index contributed by atoms with van der Waals surface area (Å²) in [6.45, 7) is 1.83. The van der Waals surface area contributed by atoms with Gasteiger partial charge in [-0.1, -0.05) is 23.4 Å². The van der Waals surface area contributed by atoms with Crippen LogP contribution in [0.15, 0.2) is 22.5 Å². The lowest BCUT2D eigenvalue weighted by Gasteiger charge is -2.04. The Balaban J connectivity index is 2.01. The topological polar surface area (TPSA) is 52.1 Å². The van der Waals surface area contributed by atoms with E-state index in [9.17, 15) is 4.79 Å². The van der Waals surface area contributed by atoms with E-state index in [0.717, 1.165) is 10.2 Å². The van der Waals surface area contributed by atoms with Gasteiger partial charge in [0.1, 0.15) is 11.6 Å². The van der Waals surface area contributed by atoms with Crippen molar-refractivity contribution < 1.29 is 9.53 Å². The standard InChI is InChI=1S/C12H11ClN2O2S2/c1-7-14-12(19-15-7)18-6-10(16)8-3-4-11(17-2)9(13)5-8/h3-5H,6H2,1-2H3. The number of aromatic nitrogens is 2. The number of carbonyl (C=O) groups is 1. The van der Waals surface area contributed by atoms with Crippen LogP contribution in [0, 0.1) is 6.92 Å². The number of Topliss-reactive ketones (excluding diaryl/α,β-unsaturated/α-hetero) is 1. The van der Waals surface area contributed by atoms with E-state index in [1.807, 2.05) is 6.92 Å². The molecule has 0 saturated carbocycles. The van der Waals surface area contributed by atoms with Gasteiger partial charge < -0.3 is 4.74 Å². The molecule has 1 aromatic heterocycles. The van der Waals surface area contributed by atoms with Crippen LogP contribution in [0.25, 0.3) is 0 Å². The number of hydrogen-bond acceptors (Lipinski definition) is 6. The van der Waals surface area contributed by atoms with Crippen molar-refractivity contribution in [2.24, 2.45) is 0 Å². The van der Waals surface area contributed by atoms with Crippen molar-refractivity contribution in [3.05, 3.63) is 34.6 Å². The zero-order valence-corrected chi connectivity index (χ0v) is 12.7. The van der Waals surface area contributed by atoms with Crippen molar-refractivity contribution in [1.82, 2.24) is 9.36 Å². The van der Waals surface area contributed by atoms with Gasteiger partial charge in [0, 0.05) is 5.56 Å². The van der Waals surface area contributed by atoms with Gasteiger partial charge in [0.15, 0.2) is 10.1 Å². The van der Waals surface area contributed by atoms with Crippen LogP contribution in [-0.4, -0.2) is 28.0 Å². The highest BCUT2D eigenvalue weighted by atomic mass is 35.5. The van der Waals surface area contributed by atoms with E-state index in [1.54, 1.807) is 18.2 Å². The van der Waals surface area contributed by atoms with E-state index >= 15 is 0 Å². The fourth-order valence-electron chi connectivity index (χ4n) is 1.39. The molecule has 0 aliphatic heterocycles. The Labute approximate surface area is 124 Å². The average Bonchev–Trinajstić information content (AvgIpc) is 2.81. The highest BCUT2D eigenvalue weighted by molar-refractivity contribution is 8.01. The summed E-state index contributed by atoms with van der Waals surface area (Å²) >= 11 is 8.67.